The van der Waals surface area contributed by atoms with E-state index in [-0.39, 0.29) is 17.3 Å². The second-order valence-corrected chi connectivity index (χ2v) is 6.53. The highest BCUT2D eigenvalue weighted by Crippen LogP contribution is 2.14. The lowest BCUT2D eigenvalue weighted by Gasteiger charge is -2.09. The van der Waals surface area contributed by atoms with E-state index in [4.69, 9.17) is 22.4 Å². The first-order valence-corrected chi connectivity index (χ1v) is 6.76. The van der Waals surface area contributed by atoms with E-state index in [1.54, 1.807) is 0 Å². The zero-order valence-corrected chi connectivity index (χ0v) is 12.9. The molecule has 1 rings (SSSR count). The maximum absolute atomic E-state index is 10.4. The average Bonchev–Trinajstić information content (AvgIpc) is 2.26. The van der Waals surface area contributed by atoms with Gasteiger partial charge in [-0.25, -0.2) is 0 Å². The third-order valence-corrected chi connectivity index (χ3v) is 2.20. The van der Waals surface area contributed by atoms with E-state index in [1.165, 1.54) is 0 Å². The Bertz CT molecular complexity index is 376. The Morgan fingerprint density at radius 3 is 2.05 bits per heavy atom. The third kappa shape index (κ3) is 10.5. The van der Waals surface area contributed by atoms with Crippen LogP contribution in [0.15, 0.2) is 24.3 Å². The Hall–Kier alpha value is -1.06. The monoisotopic (exact) mass is 285 g/mol. The Kier molecular flexibility index (Phi) is 7.72. The molecule has 0 bridgehead atoms. The van der Waals surface area contributed by atoms with Crippen molar-refractivity contribution in [3.8, 4) is 0 Å². The smallest absolute Gasteiger partial charge is 0.307 e. The molecule has 3 nitrogen and oxygen atoms in total. The molecule has 1 unspecified atom stereocenters. The molecular weight excluding hydrogens is 262 g/mol. The molecule has 1 aromatic rings. The number of hydrogen-bond acceptors (Lipinski definition) is 2. The second-order valence-electron chi connectivity index (χ2n) is 5.39. The number of benzene rings is 1. The summed E-state index contributed by atoms with van der Waals surface area (Å²) in [6.07, 6.45) is 0.958. The summed E-state index contributed by atoms with van der Waals surface area (Å²) in [5, 5.41) is 8.57. The largest absolute Gasteiger partial charge is 0.481 e. The Balaban J connectivity index is 0.000000555. The fourth-order valence-corrected chi connectivity index (χ4v) is 1.29. The molecule has 3 N–H and O–H groups in total. The number of nitrogens with two attached hydrogens (primary N) is 1. The topological polar surface area (TPSA) is 63.3 Å². The van der Waals surface area contributed by atoms with Crippen molar-refractivity contribution in [3.63, 3.8) is 0 Å². The number of alkyl halides is 1. The van der Waals surface area contributed by atoms with Crippen molar-refractivity contribution in [1.29, 1.82) is 0 Å². The van der Waals surface area contributed by atoms with Crippen LogP contribution in [0.3, 0.4) is 0 Å². The molecule has 0 aliphatic heterocycles. The second kappa shape index (κ2) is 8.18. The third-order valence-electron chi connectivity index (χ3n) is 2.20. The molecule has 108 valence electrons. The summed E-state index contributed by atoms with van der Waals surface area (Å²) in [6.45, 7) is 7.88. The molecule has 0 fully saturated rings. The van der Waals surface area contributed by atoms with Gasteiger partial charge >= 0.3 is 5.97 Å². The molecule has 0 amide bonds. The fraction of sp³-hybridized carbons (Fsp3) is 0.533. The van der Waals surface area contributed by atoms with E-state index in [1.807, 2.05) is 52.0 Å². The van der Waals surface area contributed by atoms with E-state index in [2.05, 4.69) is 0 Å². The van der Waals surface area contributed by atoms with Crippen LogP contribution in [-0.2, 0) is 11.2 Å². The molecule has 0 aliphatic carbocycles. The van der Waals surface area contributed by atoms with Crippen molar-refractivity contribution in [2.24, 2.45) is 5.73 Å². The minimum atomic E-state index is -0.808. The van der Waals surface area contributed by atoms with Crippen LogP contribution >= 0.6 is 11.6 Å². The van der Waals surface area contributed by atoms with Crippen molar-refractivity contribution < 1.29 is 9.90 Å². The van der Waals surface area contributed by atoms with Crippen LogP contribution in [-0.4, -0.2) is 16.0 Å². The van der Waals surface area contributed by atoms with Crippen molar-refractivity contribution in [2.75, 3.05) is 0 Å². The Morgan fingerprint density at radius 2 is 1.74 bits per heavy atom. The highest BCUT2D eigenvalue weighted by molar-refractivity contribution is 6.23. The molecule has 19 heavy (non-hydrogen) atoms. The maximum atomic E-state index is 10.4. The molecule has 0 saturated carbocycles. The first-order valence-electron chi connectivity index (χ1n) is 6.38. The number of carboxylic acids is 1. The first kappa shape index (κ1) is 17.9. The summed E-state index contributed by atoms with van der Waals surface area (Å²) in [5.74, 6) is -0.808. The molecule has 1 aromatic carbocycles. The number of aliphatic carboxylic acids is 1. The fourth-order valence-electron chi connectivity index (χ4n) is 1.29. The van der Waals surface area contributed by atoms with Gasteiger partial charge in [-0.3, -0.25) is 4.79 Å². The van der Waals surface area contributed by atoms with E-state index >= 15 is 0 Å². The molecule has 1 atom stereocenters. The van der Waals surface area contributed by atoms with E-state index < -0.39 is 5.97 Å². The molecule has 0 aromatic heterocycles. The Morgan fingerprint density at radius 1 is 1.32 bits per heavy atom. The van der Waals surface area contributed by atoms with Crippen LogP contribution < -0.4 is 5.73 Å². The van der Waals surface area contributed by atoms with E-state index in [0.29, 0.717) is 0 Å². The standard InChI is InChI=1S/C11H15NO2.C4H9Cl/c1-2-10(12)9-5-3-8(4-6-9)7-11(13)14;1-4(2,3)5/h3-6,10H,2,7,12H2,1H3,(H,13,14);1-3H3. The molecule has 0 saturated heterocycles. The summed E-state index contributed by atoms with van der Waals surface area (Å²) < 4.78 is 0. The number of halogens is 1. The minimum Gasteiger partial charge on any atom is -0.481 e. The van der Waals surface area contributed by atoms with E-state index in [0.717, 1.165) is 17.5 Å². The predicted molar refractivity (Wildman–Crippen MR) is 80.6 cm³/mol. The van der Waals surface area contributed by atoms with Gasteiger partial charge in [0.15, 0.2) is 0 Å². The molecule has 0 heterocycles. The lowest BCUT2D eigenvalue weighted by atomic mass is 10.0. The zero-order chi connectivity index (χ0) is 15.1. The van der Waals surface area contributed by atoms with Gasteiger partial charge in [0.2, 0.25) is 0 Å². The van der Waals surface area contributed by atoms with Crippen molar-refractivity contribution in [3.05, 3.63) is 35.4 Å². The van der Waals surface area contributed by atoms with Crippen LogP contribution in [0.25, 0.3) is 0 Å². The molecule has 0 radical (unpaired) electrons. The SMILES string of the molecule is CC(C)(C)Cl.CCC(N)c1ccc(CC(=O)O)cc1. The van der Waals surface area contributed by atoms with E-state index in [9.17, 15) is 4.79 Å². The quantitative estimate of drug-likeness (QED) is 0.828. The summed E-state index contributed by atoms with van der Waals surface area (Å²) in [7, 11) is 0. The molecule has 4 heteroatoms. The van der Waals surface area contributed by atoms with Crippen LogP contribution in [0.5, 0.6) is 0 Å². The molecule has 0 aliphatic rings. The summed E-state index contributed by atoms with van der Waals surface area (Å²) >= 11 is 5.53. The van der Waals surface area contributed by atoms with Crippen molar-refractivity contribution in [2.45, 2.75) is 51.5 Å². The highest BCUT2D eigenvalue weighted by Gasteiger charge is 2.04. The zero-order valence-electron chi connectivity index (χ0n) is 12.1. The number of hydrogen-bond donors (Lipinski definition) is 2. The minimum absolute atomic E-state index is 0.0278. The molecular formula is C15H24ClNO2. The Labute approximate surface area is 120 Å². The lowest BCUT2D eigenvalue weighted by Crippen LogP contribution is -2.08. The number of carboxylic acid groups (broad SMARTS) is 1. The summed E-state index contributed by atoms with van der Waals surface area (Å²) in [4.78, 5) is 10.4. The van der Waals surface area contributed by atoms with Crippen LogP contribution in [0.1, 0.15) is 51.3 Å². The normalized spacial score (nSPS) is 12.3. The van der Waals surface area contributed by atoms with Gasteiger partial charge in [0.05, 0.1) is 6.42 Å². The van der Waals surface area contributed by atoms with Gasteiger partial charge < -0.3 is 10.8 Å². The predicted octanol–water partition coefficient (Wildman–Crippen LogP) is 3.75. The summed E-state index contributed by atoms with van der Waals surface area (Å²) in [6, 6.07) is 7.48. The molecule has 0 spiro atoms. The van der Waals surface area contributed by atoms with Gasteiger partial charge in [0, 0.05) is 10.9 Å². The van der Waals surface area contributed by atoms with Crippen LogP contribution in [0, 0.1) is 0 Å². The number of carbonyl (C=O) groups is 1. The van der Waals surface area contributed by atoms with Gasteiger partial charge in [0.25, 0.3) is 0 Å². The van der Waals surface area contributed by atoms with Gasteiger partial charge in [-0.05, 0) is 38.3 Å². The van der Waals surface area contributed by atoms with Gasteiger partial charge in [-0.1, -0.05) is 31.2 Å². The van der Waals surface area contributed by atoms with Gasteiger partial charge in [-0.15, -0.1) is 11.6 Å². The van der Waals surface area contributed by atoms with Gasteiger partial charge in [0.1, 0.15) is 0 Å². The van der Waals surface area contributed by atoms with Crippen LogP contribution in [0.4, 0.5) is 0 Å². The highest BCUT2D eigenvalue weighted by atomic mass is 35.5. The van der Waals surface area contributed by atoms with Crippen molar-refractivity contribution >= 4 is 17.6 Å². The average molecular weight is 286 g/mol. The van der Waals surface area contributed by atoms with Crippen LogP contribution in [0.2, 0.25) is 0 Å². The lowest BCUT2D eigenvalue weighted by molar-refractivity contribution is -0.136. The van der Waals surface area contributed by atoms with Gasteiger partial charge in [-0.2, -0.15) is 0 Å². The van der Waals surface area contributed by atoms with Crippen molar-refractivity contribution in [1.82, 2.24) is 0 Å². The first-order chi connectivity index (χ1) is 8.63. The number of rotatable bonds is 4. The summed E-state index contributed by atoms with van der Waals surface area (Å²) in [5.41, 5.74) is 7.70. The maximum Gasteiger partial charge on any atom is 0.307 e.